The number of benzene rings is 1. The highest BCUT2D eigenvalue weighted by Gasteiger charge is 2.28. The summed E-state index contributed by atoms with van der Waals surface area (Å²) in [5.41, 5.74) is 3.87. The van der Waals surface area contributed by atoms with Gasteiger partial charge in [0.1, 0.15) is 13.3 Å². The van der Waals surface area contributed by atoms with Crippen molar-refractivity contribution in [2.75, 3.05) is 18.6 Å². The van der Waals surface area contributed by atoms with Crippen molar-refractivity contribution in [3.05, 3.63) is 76.7 Å². The van der Waals surface area contributed by atoms with Crippen LogP contribution in [0.1, 0.15) is 29.9 Å². The summed E-state index contributed by atoms with van der Waals surface area (Å²) in [6.07, 6.45) is 3.18. The van der Waals surface area contributed by atoms with E-state index in [0.29, 0.717) is 13.2 Å². The van der Waals surface area contributed by atoms with Crippen LogP contribution in [-0.2, 0) is 6.61 Å². The summed E-state index contributed by atoms with van der Waals surface area (Å²) in [7, 11) is 0. The molecule has 1 aliphatic heterocycles. The summed E-state index contributed by atoms with van der Waals surface area (Å²) in [5.74, 6) is -0.202. The van der Waals surface area contributed by atoms with Crippen LogP contribution >= 0.6 is 0 Å². The first kappa shape index (κ1) is 18.3. The zero-order chi connectivity index (χ0) is 18.2. The predicted molar refractivity (Wildman–Crippen MR) is 98.3 cm³/mol. The van der Waals surface area contributed by atoms with Gasteiger partial charge in [-0.05, 0) is 5.56 Å². The van der Waals surface area contributed by atoms with Gasteiger partial charge in [-0.3, -0.25) is 14.3 Å². The highest BCUT2D eigenvalue weighted by atomic mass is 16.5. The number of nitrogens with zero attached hydrogens (tertiary/aromatic N) is 2. The van der Waals surface area contributed by atoms with E-state index in [4.69, 9.17) is 4.74 Å². The lowest BCUT2D eigenvalue weighted by molar-refractivity contribution is 0.0738. The molecule has 6 nitrogen and oxygen atoms in total. The van der Waals surface area contributed by atoms with Crippen molar-refractivity contribution in [3.63, 3.8) is 0 Å². The minimum Gasteiger partial charge on any atom is -0.482 e. The molecule has 0 radical (unpaired) electrons. The summed E-state index contributed by atoms with van der Waals surface area (Å²) in [5, 5.41) is 0. The smallest absolute Gasteiger partial charge is 0.278 e. The number of rotatable bonds is 5. The van der Waals surface area contributed by atoms with Gasteiger partial charge in [-0.1, -0.05) is 50.3 Å². The van der Waals surface area contributed by atoms with Crippen molar-refractivity contribution in [1.82, 2.24) is 9.58 Å². The van der Waals surface area contributed by atoms with Crippen molar-refractivity contribution in [2.45, 2.75) is 20.5 Å². The Morgan fingerprint density at radius 2 is 1.92 bits per heavy atom. The van der Waals surface area contributed by atoms with Crippen molar-refractivity contribution in [1.29, 1.82) is 0 Å². The predicted octanol–water partition coefficient (Wildman–Crippen LogP) is 2.60. The normalized spacial score (nSPS) is 12.4. The van der Waals surface area contributed by atoms with Crippen LogP contribution in [0.2, 0.25) is 0 Å². The third kappa shape index (κ3) is 4.09. The van der Waals surface area contributed by atoms with E-state index < -0.39 is 0 Å². The summed E-state index contributed by atoms with van der Waals surface area (Å²) in [6.45, 7) is 8.61. The maximum absolute atomic E-state index is 12.6. The average Bonchev–Trinajstić information content (AvgIpc) is 2.66. The molecule has 132 valence electrons. The van der Waals surface area contributed by atoms with Crippen molar-refractivity contribution < 1.29 is 9.53 Å². The Morgan fingerprint density at radius 1 is 1.20 bits per heavy atom. The molecule has 1 amide bonds. The van der Waals surface area contributed by atoms with Gasteiger partial charge in [-0.15, -0.1) is 6.58 Å². The quantitative estimate of drug-likeness (QED) is 0.849. The van der Waals surface area contributed by atoms with E-state index in [1.54, 1.807) is 11.0 Å². The van der Waals surface area contributed by atoms with Gasteiger partial charge in [0.25, 0.3) is 5.91 Å². The molecular formula is C19H23N3O3. The number of carbonyl (C=O) groups is 1. The SMILES string of the molecule is C=CCN1CNn2ccc(=O)c(OCc3ccccc3)c2C1=O.CC. The first-order valence-corrected chi connectivity index (χ1v) is 8.27. The second kappa shape index (κ2) is 8.73. The lowest BCUT2D eigenvalue weighted by Crippen LogP contribution is -2.46. The molecule has 0 unspecified atom stereocenters. The van der Waals surface area contributed by atoms with Gasteiger partial charge in [0.2, 0.25) is 5.43 Å². The van der Waals surface area contributed by atoms with Crippen LogP contribution in [0.4, 0.5) is 0 Å². The fourth-order valence-electron chi connectivity index (χ4n) is 2.41. The largest absolute Gasteiger partial charge is 0.482 e. The lowest BCUT2D eigenvalue weighted by atomic mass is 10.2. The van der Waals surface area contributed by atoms with Crippen LogP contribution in [0.3, 0.4) is 0 Å². The van der Waals surface area contributed by atoms with Gasteiger partial charge in [0, 0.05) is 18.8 Å². The van der Waals surface area contributed by atoms with Gasteiger partial charge in [-0.2, -0.15) is 0 Å². The number of hydrogen-bond donors (Lipinski definition) is 1. The summed E-state index contributed by atoms with van der Waals surface area (Å²) >= 11 is 0. The Morgan fingerprint density at radius 3 is 2.60 bits per heavy atom. The maximum Gasteiger partial charge on any atom is 0.278 e. The molecule has 1 aromatic heterocycles. The highest BCUT2D eigenvalue weighted by molar-refractivity contribution is 5.96. The van der Waals surface area contributed by atoms with Gasteiger partial charge >= 0.3 is 0 Å². The standard InChI is InChI=1S/C17H17N3O3.C2H6/c1-2-9-19-12-18-20-10-8-14(21)16(15(20)17(19)22)23-11-13-6-4-3-5-7-13;1-2/h2-8,10,18H,1,9,11-12H2;1-2H3. The second-order valence-corrected chi connectivity index (χ2v) is 5.13. The first-order chi connectivity index (χ1) is 12.2. The Kier molecular flexibility index (Phi) is 6.39. The third-order valence-electron chi connectivity index (χ3n) is 3.55. The number of fused-ring (bicyclic) bond motifs is 1. The number of hydrogen-bond acceptors (Lipinski definition) is 4. The molecule has 0 aliphatic carbocycles. The molecule has 0 spiro atoms. The molecule has 1 aliphatic rings. The van der Waals surface area contributed by atoms with E-state index in [1.165, 1.54) is 16.9 Å². The first-order valence-electron chi connectivity index (χ1n) is 8.27. The molecule has 2 heterocycles. The molecule has 3 rings (SSSR count). The van der Waals surface area contributed by atoms with E-state index in [-0.39, 0.29) is 29.4 Å². The van der Waals surface area contributed by atoms with Gasteiger partial charge in [-0.25, -0.2) is 0 Å². The molecule has 2 aromatic rings. The Bertz CT molecular complexity index is 784. The molecule has 25 heavy (non-hydrogen) atoms. The summed E-state index contributed by atoms with van der Waals surface area (Å²) < 4.78 is 7.20. The van der Waals surface area contributed by atoms with Crippen molar-refractivity contribution in [2.24, 2.45) is 0 Å². The van der Waals surface area contributed by atoms with E-state index in [2.05, 4.69) is 12.0 Å². The zero-order valence-corrected chi connectivity index (χ0v) is 14.6. The summed E-state index contributed by atoms with van der Waals surface area (Å²) in [6, 6.07) is 10.9. The highest BCUT2D eigenvalue weighted by Crippen LogP contribution is 2.19. The maximum atomic E-state index is 12.6. The number of amides is 1. The molecule has 0 bridgehead atoms. The number of aromatic nitrogens is 1. The fourth-order valence-corrected chi connectivity index (χ4v) is 2.41. The molecule has 0 atom stereocenters. The van der Waals surface area contributed by atoms with E-state index in [0.717, 1.165) is 5.56 Å². The van der Waals surface area contributed by atoms with E-state index in [9.17, 15) is 9.59 Å². The van der Waals surface area contributed by atoms with Gasteiger partial charge in [0.05, 0.1) is 0 Å². The minimum absolute atomic E-state index is 0.0580. The minimum atomic E-state index is -0.317. The van der Waals surface area contributed by atoms with Crippen LogP contribution in [0.5, 0.6) is 5.75 Å². The van der Waals surface area contributed by atoms with Crippen molar-refractivity contribution in [3.8, 4) is 5.75 Å². The van der Waals surface area contributed by atoms with Gasteiger partial charge < -0.3 is 15.1 Å². The Hall–Kier alpha value is -3.02. The van der Waals surface area contributed by atoms with E-state index in [1.807, 2.05) is 44.2 Å². The molecule has 0 saturated heterocycles. The topological polar surface area (TPSA) is 63.6 Å². The van der Waals surface area contributed by atoms with Crippen molar-refractivity contribution >= 4 is 5.91 Å². The molecule has 6 heteroatoms. The average molecular weight is 341 g/mol. The van der Waals surface area contributed by atoms with Crippen LogP contribution in [-0.4, -0.2) is 28.7 Å². The van der Waals surface area contributed by atoms with Crippen LogP contribution in [0.15, 0.2) is 60.0 Å². The van der Waals surface area contributed by atoms with Crippen LogP contribution in [0.25, 0.3) is 0 Å². The number of ether oxygens (including phenoxy) is 1. The molecule has 0 fully saturated rings. The molecular weight excluding hydrogens is 318 g/mol. The fraction of sp³-hybridized carbons (Fsp3) is 0.263. The molecule has 0 saturated carbocycles. The third-order valence-corrected chi connectivity index (χ3v) is 3.55. The molecule has 1 aromatic carbocycles. The zero-order valence-electron chi connectivity index (χ0n) is 14.6. The lowest BCUT2D eigenvalue weighted by Gasteiger charge is -2.31. The van der Waals surface area contributed by atoms with E-state index >= 15 is 0 Å². The Labute approximate surface area is 147 Å². The van der Waals surface area contributed by atoms with Gasteiger partial charge in [0.15, 0.2) is 11.4 Å². The molecule has 1 N–H and O–H groups in total. The monoisotopic (exact) mass is 341 g/mol. The number of carbonyl (C=O) groups excluding carboxylic acids is 1. The number of nitrogens with one attached hydrogen (secondary N) is 1. The van der Waals surface area contributed by atoms with Crippen LogP contribution in [0, 0.1) is 0 Å². The van der Waals surface area contributed by atoms with Crippen LogP contribution < -0.4 is 15.6 Å². The number of pyridine rings is 1. The summed E-state index contributed by atoms with van der Waals surface area (Å²) in [4.78, 5) is 26.3. The second-order valence-electron chi connectivity index (χ2n) is 5.13. The Balaban J connectivity index is 0.00000109.